The van der Waals surface area contributed by atoms with Gasteiger partial charge in [0, 0.05) is 0 Å². The minimum absolute atomic E-state index is 0.00376. The molecule has 0 aliphatic rings. The average molecular weight is 348 g/mol. The quantitative estimate of drug-likeness (QED) is 0.553. The number of hydrogen-bond acceptors (Lipinski definition) is 6. The Labute approximate surface area is 132 Å². The highest BCUT2D eigenvalue weighted by atomic mass is 32.2. The van der Waals surface area contributed by atoms with Gasteiger partial charge in [0.2, 0.25) is 0 Å². The molecule has 1 aromatic carbocycles. The van der Waals surface area contributed by atoms with Crippen molar-refractivity contribution in [3.05, 3.63) is 55.1 Å². The molecule has 0 unspecified atom stereocenters. The normalized spacial score (nSPS) is 11.2. The van der Waals surface area contributed by atoms with Gasteiger partial charge in [0.25, 0.3) is 20.2 Å². The summed E-state index contributed by atoms with van der Waals surface area (Å²) in [6.07, 6.45) is 3.77. The van der Waals surface area contributed by atoms with E-state index in [1.807, 2.05) is 6.92 Å². The van der Waals surface area contributed by atoms with Crippen molar-refractivity contribution < 1.29 is 25.2 Å². The minimum atomic E-state index is -3.61. The Kier molecular flexibility index (Phi) is 8.88. The van der Waals surface area contributed by atoms with Crippen molar-refractivity contribution in [2.75, 3.05) is 19.5 Å². The number of aryl methyl sites for hydroxylation is 1. The molecule has 1 rings (SSSR count). The molecule has 22 heavy (non-hydrogen) atoms. The van der Waals surface area contributed by atoms with Crippen molar-refractivity contribution >= 4 is 20.2 Å². The van der Waals surface area contributed by atoms with Gasteiger partial charge in [0.1, 0.15) is 0 Å². The Balaban J connectivity index is 0.000000472. The van der Waals surface area contributed by atoms with E-state index in [1.165, 1.54) is 24.3 Å². The first-order valence-corrected chi connectivity index (χ1v) is 9.37. The topological polar surface area (TPSA) is 86.7 Å². The predicted molar refractivity (Wildman–Crippen MR) is 85.5 cm³/mol. The summed E-state index contributed by atoms with van der Waals surface area (Å²) < 4.78 is 52.0. The average Bonchev–Trinajstić information content (AvgIpc) is 2.43. The maximum Gasteiger partial charge on any atom is 0.297 e. The van der Waals surface area contributed by atoms with Crippen LogP contribution in [0.4, 0.5) is 0 Å². The maximum absolute atomic E-state index is 11.4. The number of benzene rings is 1. The van der Waals surface area contributed by atoms with E-state index in [1.54, 1.807) is 12.1 Å². The van der Waals surface area contributed by atoms with Crippen LogP contribution in [0.5, 0.6) is 0 Å². The lowest BCUT2D eigenvalue weighted by Gasteiger charge is -2.03. The second-order valence-electron chi connectivity index (χ2n) is 4.12. The van der Waals surface area contributed by atoms with Gasteiger partial charge in [0.05, 0.1) is 24.4 Å². The van der Waals surface area contributed by atoms with Crippen molar-refractivity contribution in [3.63, 3.8) is 0 Å². The summed E-state index contributed by atoms with van der Waals surface area (Å²) in [6, 6.07) is 6.50. The molecular formula is C14H20O6S2. The minimum Gasteiger partial charge on any atom is -0.266 e. The van der Waals surface area contributed by atoms with Crippen molar-refractivity contribution in [2.45, 2.75) is 11.8 Å². The van der Waals surface area contributed by atoms with Gasteiger partial charge in [-0.3, -0.25) is 8.37 Å². The van der Waals surface area contributed by atoms with Gasteiger partial charge in [-0.1, -0.05) is 29.8 Å². The van der Waals surface area contributed by atoms with Crippen LogP contribution in [0.3, 0.4) is 0 Å². The zero-order valence-corrected chi connectivity index (χ0v) is 14.2. The zero-order valence-electron chi connectivity index (χ0n) is 12.6. The fourth-order valence-corrected chi connectivity index (χ4v) is 2.31. The zero-order chi connectivity index (χ0) is 17.2. The van der Waals surface area contributed by atoms with E-state index < -0.39 is 20.2 Å². The van der Waals surface area contributed by atoms with Crippen molar-refractivity contribution in [1.29, 1.82) is 0 Å². The van der Waals surface area contributed by atoms with Gasteiger partial charge in [0.15, 0.2) is 0 Å². The highest BCUT2D eigenvalue weighted by molar-refractivity contribution is 7.86. The second-order valence-corrected chi connectivity index (χ2v) is 7.38. The molecule has 0 atom stereocenters. The first-order valence-electron chi connectivity index (χ1n) is 6.14. The van der Waals surface area contributed by atoms with Crippen LogP contribution in [0.15, 0.2) is 54.5 Å². The van der Waals surface area contributed by atoms with Gasteiger partial charge in [-0.2, -0.15) is 16.8 Å². The smallest absolute Gasteiger partial charge is 0.266 e. The van der Waals surface area contributed by atoms with Crippen molar-refractivity contribution in [1.82, 2.24) is 0 Å². The lowest BCUT2D eigenvalue weighted by atomic mass is 10.2. The molecule has 0 bridgehead atoms. The van der Waals surface area contributed by atoms with Gasteiger partial charge in [-0.25, -0.2) is 0 Å². The molecule has 0 N–H and O–H groups in total. The molecule has 0 saturated carbocycles. The Morgan fingerprint density at radius 2 is 1.41 bits per heavy atom. The Morgan fingerprint density at radius 3 is 1.77 bits per heavy atom. The summed E-state index contributed by atoms with van der Waals surface area (Å²) in [5.41, 5.74) is 1.01. The number of rotatable bonds is 7. The standard InChI is InChI=1S/C10H12O3S.C4H8O3S/c1-3-8-13-14(11,12)10-6-4-9(2)5-7-10;1-3-4-7-8(2,5)6/h3-7H,1,8H2,2H3;3H,1,4H2,2H3. The number of hydrogen-bond donors (Lipinski definition) is 0. The molecule has 0 saturated heterocycles. The molecular weight excluding hydrogens is 328 g/mol. The van der Waals surface area contributed by atoms with Crippen LogP contribution < -0.4 is 0 Å². The summed E-state index contributed by atoms with van der Waals surface area (Å²) in [4.78, 5) is 0.171. The van der Waals surface area contributed by atoms with Crippen LogP contribution in [0, 0.1) is 6.92 Å². The molecule has 0 spiro atoms. The van der Waals surface area contributed by atoms with E-state index in [4.69, 9.17) is 0 Å². The van der Waals surface area contributed by atoms with Crippen LogP contribution in [0.2, 0.25) is 0 Å². The SMILES string of the molecule is C=CCOS(=O)(=O)c1ccc(C)cc1.C=CCOS(C)(=O)=O. The molecule has 0 aliphatic carbocycles. The van der Waals surface area contributed by atoms with Gasteiger partial charge < -0.3 is 0 Å². The summed E-state index contributed by atoms with van der Waals surface area (Å²) in [6.45, 7) is 8.60. The van der Waals surface area contributed by atoms with Crippen molar-refractivity contribution in [2.24, 2.45) is 0 Å². The van der Waals surface area contributed by atoms with Gasteiger partial charge >= 0.3 is 0 Å². The summed E-state index contributed by atoms with van der Waals surface area (Å²) in [7, 11) is -6.87. The Morgan fingerprint density at radius 1 is 0.955 bits per heavy atom. The summed E-state index contributed by atoms with van der Waals surface area (Å²) in [5.74, 6) is 0. The monoisotopic (exact) mass is 348 g/mol. The molecule has 0 aromatic heterocycles. The lowest BCUT2D eigenvalue weighted by Crippen LogP contribution is -2.06. The van der Waals surface area contributed by atoms with Crippen LogP contribution in [-0.4, -0.2) is 36.3 Å². The predicted octanol–water partition coefficient (Wildman–Crippen LogP) is 2.03. The molecule has 6 nitrogen and oxygen atoms in total. The van der Waals surface area contributed by atoms with E-state index in [-0.39, 0.29) is 18.1 Å². The largest absolute Gasteiger partial charge is 0.297 e. The van der Waals surface area contributed by atoms with E-state index >= 15 is 0 Å². The van der Waals surface area contributed by atoms with E-state index in [9.17, 15) is 16.8 Å². The second kappa shape index (κ2) is 9.52. The van der Waals surface area contributed by atoms with Crippen LogP contribution >= 0.6 is 0 Å². The highest BCUT2D eigenvalue weighted by Crippen LogP contribution is 2.12. The molecule has 8 heteroatoms. The molecule has 0 amide bonds. The maximum atomic E-state index is 11.4. The van der Waals surface area contributed by atoms with Gasteiger partial charge in [-0.15, -0.1) is 13.2 Å². The highest BCUT2D eigenvalue weighted by Gasteiger charge is 2.13. The third-order valence-electron chi connectivity index (χ3n) is 2.05. The van der Waals surface area contributed by atoms with Crippen molar-refractivity contribution in [3.8, 4) is 0 Å². The van der Waals surface area contributed by atoms with Crippen LogP contribution in [0.1, 0.15) is 5.56 Å². The van der Waals surface area contributed by atoms with E-state index in [2.05, 4.69) is 21.5 Å². The third kappa shape index (κ3) is 9.46. The summed E-state index contributed by atoms with van der Waals surface area (Å²) in [5, 5.41) is 0. The van der Waals surface area contributed by atoms with Crippen LogP contribution in [-0.2, 0) is 28.6 Å². The van der Waals surface area contributed by atoms with E-state index in [0.29, 0.717) is 0 Å². The van der Waals surface area contributed by atoms with E-state index in [0.717, 1.165) is 11.8 Å². The third-order valence-corrected chi connectivity index (χ3v) is 3.91. The first-order chi connectivity index (χ1) is 10.1. The molecule has 1 aromatic rings. The molecule has 0 radical (unpaired) electrons. The van der Waals surface area contributed by atoms with Crippen LogP contribution in [0.25, 0.3) is 0 Å². The molecule has 0 heterocycles. The Hall–Kier alpha value is -1.48. The lowest BCUT2D eigenvalue weighted by molar-refractivity contribution is 0.357. The molecule has 124 valence electrons. The fourth-order valence-electron chi connectivity index (χ4n) is 1.08. The Bertz CT molecular complexity index is 673. The van der Waals surface area contributed by atoms with Gasteiger partial charge in [-0.05, 0) is 19.1 Å². The summed E-state index contributed by atoms with van der Waals surface area (Å²) >= 11 is 0. The molecule has 0 fully saturated rings. The first kappa shape index (κ1) is 20.5. The molecule has 0 aliphatic heterocycles. The fraction of sp³-hybridized carbons (Fsp3) is 0.286.